The van der Waals surface area contributed by atoms with Crippen LogP contribution in [0.3, 0.4) is 0 Å². The highest BCUT2D eigenvalue weighted by Gasteiger charge is 2.25. The maximum absolute atomic E-state index is 12.5. The summed E-state index contributed by atoms with van der Waals surface area (Å²) in [6.07, 6.45) is 5.52. The molecule has 0 saturated carbocycles. The Kier molecular flexibility index (Phi) is 11.5. The van der Waals surface area contributed by atoms with Crippen LogP contribution >= 0.6 is 0 Å². The number of nitrogens with zero attached hydrogens (tertiary/aromatic N) is 2. The van der Waals surface area contributed by atoms with Gasteiger partial charge in [0.25, 0.3) is 0 Å². The first-order valence-corrected chi connectivity index (χ1v) is 14.2. The van der Waals surface area contributed by atoms with Crippen molar-refractivity contribution in [3.63, 3.8) is 0 Å². The van der Waals surface area contributed by atoms with Gasteiger partial charge in [-0.2, -0.15) is 0 Å². The third-order valence-electron chi connectivity index (χ3n) is 7.12. The average molecular weight is 540 g/mol. The lowest BCUT2D eigenvalue weighted by Crippen LogP contribution is -2.45. The number of fused-ring (bicyclic) bond motifs is 1. The molecule has 0 aliphatic carbocycles. The molecule has 2 atom stereocenters. The monoisotopic (exact) mass is 539 g/mol. The zero-order valence-corrected chi connectivity index (χ0v) is 24.3. The summed E-state index contributed by atoms with van der Waals surface area (Å²) >= 11 is 0. The first-order chi connectivity index (χ1) is 18.6. The third-order valence-corrected chi connectivity index (χ3v) is 7.12. The molecule has 1 aromatic carbocycles. The van der Waals surface area contributed by atoms with Gasteiger partial charge < -0.3 is 19.1 Å². The molecule has 0 radical (unpaired) electrons. The van der Waals surface area contributed by atoms with Gasteiger partial charge in [-0.15, -0.1) is 0 Å². The molecule has 1 fully saturated rings. The first-order valence-electron chi connectivity index (χ1n) is 14.2. The van der Waals surface area contributed by atoms with Crippen LogP contribution in [0.1, 0.15) is 72.2 Å². The number of hydrogen-bond acceptors (Lipinski definition) is 7. The van der Waals surface area contributed by atoms with Crippen molar-refractivity contribution in [2.45, 2.75) is 86.0 Å². The summed E-state index contributed by atoms with van der Waals surface area (Å²) in [4.78, 5) is 29.9. The first kappa shape index (κ1) is 30.7. The van der Waals surface area contributed by atoms with Crippen molar-refractivity contribution in [3.8, 4) is 0 Å². The summed E-state index contributed by atoms with van der Waals surface area (Å²) in [7, 11) is 0. The highest BCUT2D eigenvalue weighted by Crippen LogP contribution is 2.28. The molecule has 1 aliphatic rings. The van der Waals surface area contributed by atoms with Crippen LogP contribution in [0, 0.1) is 11.8 Å². The van der Waals surface area contributed by atoms with Crippen molar-refractivity contribution in [1.29, 1.82) is 0 Å². The molecular weight excluding hydrogens is 494 g/mol. The minimum absolute atomic E-state index is 0.120. The van der Waals surface area contributed by atoms with Crippen LogP contribution in [0.5, 0.6) is 0 Å². The van der Waals surface area contributed by atoms with E-state index in [9.17, 15) is 14.7 Å². The van der Waals surface area contributed by atoms with E-state index >= 15 is 0 Å². The number of ketones is 1. The summed E-state index contributed by atoms with van der Waals surface area (Å²) < 4.78 is 13.2. The van der Waals surface area contributed by atoms with Crippen molar-refractivity contribution < 1.29 is 24.2 Å². The van der Waals surface area contributed by atoms with E-state index in [2.05, 4.69) is 16.0 Å². The van der Waals surface area contributed by atoms with Crippen LogP contribution in [0.15, 0.2) is 35.9 Å². The average Bonchev–Trinajstić information content (AvgIpc) is 3.27. The largest absolute Gasteiger partial charge is 0.464 e. The molecule has 0 amide bonds. The number of imidazole rings is 1. The number of aliphatic hydroxyl groups is 1. The lowest BCUT2D eigenvalue weighted by molar-refractivity contribution is -0.150. The number of carbonyl (C=O) groups excluding carboxylic acids is 2. The van der Waals surface area contributed by atoms with E-state index in [0.29, 0.717) is 31.1 Å². The van der Waals surface area contributed by atoms with Crippen LogP contribution in [0.2, 0.25) is 0 Å². The number of Topliss-reactive ketones (excluding diaryl/α,β-unsaturated/α-hetero) is 1. The van der Waals surface area contributed by atoms with Gasteiger partial charge in [-0.05, 0) is 74.8 Å². The number of esters is 1. The van der Waals surface area contributed by atoms with Crippen molar-refractivity contribution >= 4 is 28.4 Å². The van der Waals surface area contributed by atoms with Crippen molar-refractivity contribution in [3.05, 3.63) is 47.3 Å². The number of benzene rings is 1. The topological polar surface area (TPSA) is 103 Å². The molecule has 2 aromatic rings. The summed E-state index contributed by atoms with van der Waals surface area (Å²) in [5, 5.41) is 13.3. The molecule has 3 rings (SSSR count). The van der Waals surface area contributed by atoms with Gasteiger partial charge in [0.15, 0.2) is 5.78 Å². The molecule has 2 heterocycles. The quantitative estimate of drug-likeness (QED) is 0.214. The van der Waals surface area contributed by atoms with E-state index < -0.39 is 18.1 Å². The van der Waals surface area contributed by atoms with Crippen molar-refractivity contribution in [1.82, 2.24) is 14.9 Å². The molecule has 214 valence electrons. The molecule has 2 N–H and O–H groups in total. The normalized spacial score (nSPS) is 17.0. The number of nitrogens with one attached hydrogen (secondary N) is 1. The smallest absolute Gasteiger partial charge is 0.325 e. The van der Waals surface area contributed by atoms with Crippen LogP contribution in [-0.4, -0.2) is 58.4 Å². The van der Waals surface area contributed by atoms with Gasteiger partial charge in [0.2, 0.25) is 0 Å². The van der Waals surface area contributed by atoms with E-state index in [1.165, 1.54) is 0 Å². The molecule has 39 heavy (non-hydrogen) atoms. The number of hydrogen-bond donors (Lipinski definition) is 2. The zero-order valence-electron chi connectivity index (χ0n) is 24.3. The Labute approximate surface area is 232 Å². The number of ether oxygens (including phenoxy) is 2. The van der Waals surface area contributed by atoms with Gasteiger partial charge >= 0.3 is 5.97 Å². The van der Waals surface area contributed by atoms with E-state index in [-0.39, 0.29) is 11.7 Å². The fraction of sp³-hybridized carbons (Fsp3) is 0.581. The predicted octanol–water partition coefficient (Wildman–Crippen LogP) is 4.83. The fourth-order valence-electron chi connectivity index (χ4n) is 4.76. The van der Waals surface area contributed by atoms with Gasteiger partial charge in [-0.25, -0.2) is 4.98 Å². The number of aromatic nitrogens is 2. The minimum atomic E-state index is -0.892. The zero-order chi connectivity index (χ0) is 28.5. The highest BCUT2D eigenvalue weighted by molar-refractivity contribution is 5.97. The van der Waals surface area contributed by atoms with Crippen LogP contribution in [0.25, 0.3) is 16.6 Å². The SMILES string of the molecule is C/C=C(\C=C(\C)C(=O)CC)c1nc2cc(CNC(C(=O)OCC(C)C)C(C)O)ccc2n1CC1CCOCC1. The van der Waals surface area contributed by atoms with E-state index in [4.69, 9.17) is 14.5 Å². The maximum Gasteiger partial charge on any atom is 0.325 e. The third kappa shape index (κ3) is 8.34. The Balaban J connectivity index is 1.92. The number of rotatable bonds is 13. The molecule has 2 unspecified atom stereocenters. The minimum Gasteiger partial charge on any atom is -0.464 e. The summed E-state index contributed by atoms with van der Waals surface area (Å²) in [6.45, 7) is 14.3. The molecular formula is C31H45N3O5. The Hall–Kier alpha value is -2.81. The van der Waals surface area contributed by atoms with Crippen LogP contribution in [-0.2, 0) is 32.2 Å². The maximum atomic E-state index is 12.5. The lowest BCUT2D eigenvalue weighted by atomic mass is 10.00. The second-order valence-electron chi connectivity index (χ2n) is 10.9. The van der Waals surface area contributed by atoms with E-state index in [1.54, 1.807) is 6.92 Å². The van der Waals surface area contributed by atoms with E-state index in [1.807, 2.05) is 58.9 Å². The Bertz CT molecular complexity index is 1190. The molecule has 1 saturated heterocycles. The van der Waals surface area contributed by atoms with Gasteiger partial charge in [0.05, 0.1) is 23.7 Å². The van der Waals surface area contributed by atoms with Crippen molar-refractivity contribution in [2.24, 2.45) is 11.8 Å². The van der Waals surface area contributed by atoms with Gasteiger partial charge in [0, 0.05) is 38.3 Å². The second kappa shape index (κ2) is 14.5. The fourth-order valence-corrected chi connectivity index (χ4v) is 4.76. The molecule has 8 nitrogen and oxygen atoms in total. The van der Waals surface area contributed by atoms with Gasteiger partial charge in [0.1, 0.15) is 11.9 Å². The highest BCUT2D eigenvalue weighted by atomic mass is 16.5. The molecule has 0 bridgehead atoms. The summed E-state index contributed by atoms with van der Waals surface area (Å²) in [5.41, 5.74) is 4.45. The number of carbonyl (C=O) groups is 2. The standard InChI is InChI=1S/C31H45N3O5/c1-7-25(15-21(5)28(36)8-2)30-33-26-16-24(17-32-29(22(6)35)31(37)39-19-20(3)4)9-10-27(26)34(30)18-23-11-13-38-14-12-23/h7,9-10,15-16,20,22-23,29,32,35H,8,11-14,17-19H2,1-6H3/b21-15-,25-7+. The Morgan fingerprint density at radius 3 is 2.59 bits per heavy atom. The molecule has 8 heteroatoms. The molecule has 1 aromatic heterocycles. The lowest BCUT2D eigenvalue weighted by Gasteiger charge is -2.24. The van der Waals surface area contributed by atoms with Gasteiger partial charge in [-0.3, -0.25) is 14.9 Å². The summed E-state index contributed by atoms with van der Waals surface area (Å²) in [6, 6.07) is 5.29. The van der Waals surface area contributed by atoms with Gasteiger partial charge in [-0.1, -0.05) is 32.9 Å². The van der Waals surface area contributed by atoms with Crippen LogP contribution in [0.4, 0.5) is 0 Å². The number of allylic oxidation sites excluding steroid dienone is 4. The molecule has 0 spiro atoms. The van der Waals surface area contributed by atoms with Crippen LogP contribution < -0.4 is 5.32 Å². The van der Waals surface area contributed by atoms with Crippen molar-refractivity contribution in [2.75, 3.05) is 19.8 Å². The van der Waals surface area contributed by atoms with E-state index in [0.717, 1.165) is 60.6 Å². The molecule has 1 aliphatic heterocycles. The second-order valence-corrected chi connectivity index (χ2v) is 10.9. The predicted molar refractivity (Wildman–Crippen MR) is 154 cm³/mol. The Morgan fingerprint density at radius 1 is 1.26 bits per heavy atom. The Morgan fingerprint density at radius 2 is 1.97 bits per heavy atom. The summed E-state index contributed by atoms with van der Waals surface area (Å²) in [5.74, 6) is 1.21. The number of aliphatic hydroxyl groups excluding tert-OH is 1.